The molecule has 6 heteroatoms. The molecule has 0 radical (unpaired) electrons. The summed E-state index contributed by atoms with van der Waals surface area (Å²) in [6.45, 7) is 0.125. The van der Waals surface area contributed by atoms with E-state index in [2.05, 4.69) is 5.16 Å². The number of pyridine rings is 1. The smallest absolute Gasteiger partial charge is 0.227 e. The predicted molar refractivity (Wildman–Crippen MR) is 66.7 cm³/mol. The summed E-state index contributed by atoms with van der Waals surface area (Å²) >= 11 is 0. The van der Waals surface area contributed by atoms with E-state index in [0.717, 1.165) is 5.56 Å². The van der Waals surface area contributed by atoms with E-state index in [9.17, 15) is 9.18 Å². The number of carbonyl (C=O) groups is 1. The van der Waals surface area contributed by atoms with Crippen molar-refractivity contribution in [2.24, 2.45) is 5.16 Å². The van der Waals surface area contributed by atoms with E-state index < -0.39 is 5.82 Å². The van der Waals surface area contributed by atoms with E-state index >= 15 is 0 Å². The number of ketones is 1. The Morgan fingerprint density at radius 1 is 1.30 bits per heavy atom. The van der Waals surface area contributed by atoms with Crippen LogP contribution in [0.15, 0.2) is 53.9 Å². The first-order chi connectivity index (χ1) is 9.19. The van der Waals surface area contributed by atoms with Gasteiger partial charge in [-0.3, -0.25) is 4.79 Å². The van der Waals surface area contributed by atoms with Gasteiger partial charge in [0.1, 0.15) is 5.82 Å². The summed E-state index contributed by atoms with van der Waals surface area (Å²) in [7, 11) is 0. The first-order valence-corrected chi connectivity index (χ1v) is 5.64. The number of hydrogen-bond acceptors (Lipinski definition) is 3. The van der Waals surface area contributed by atoms with Crippen LogP contribution < -0.4 is 21.5 Å². The Morgan fingerprint density at radius 2 is 2.00 bits per heavy atom. The van der Waals surface area contributed by atoms with Gasteiger partial charge < -0.3 is 22.2 Å². The Labute approximate surface area is 125 Å². The van der Waals surface area contributed by atoms with Crippen LogP contribution in [-0.4, -0.2) is 17.2 Å². The second-order valence-electron chi connectivity index (χ2n) is 3.98. The average Bonchev–Trinajstić information content (AvgIpc) is 2.41. The molecule has 0 spiro atoms. The fraction of sp³-hybridized carbons (Fsp3) is 0.0714. The molecule has 104 valence electrons. The third kappa shape index (κ3) is 4.24. The Morgan fingerprint density at radius 3 is 2.60 bits per heavy atom. The zero-order chi connectivity index (χ0) is 13.7. The first kappa shape index (κ1) is 16.0. The number of carbonyl (C=O) groups excluding carboxylic acids is 1. The van der Waals surface area contributed by atoms with E-state index in [0.29, 0.717) is 5.56 Å². The third-order valence-electron chi connectivity index (χ3n) is 2.60. The monoisotopic (exact) mass is 338 g/mol. The lowest BCUT2D eigenvalue weighted by Gasteiger charge is -1.98. The molecule has 4 nitrogen and oxygen atoms in total. The van der Waals surface area contributed by atoms with Crippen molar-refractivity contribution in [2.75, 3.05) is 0 Å². The molecular weight excluding hydrogens is 327 g/mol. The minimum absolute atomic E-state index is 0. The van der Waals surface area contributed by atoms with Crippen LogP contribution in [0.2, 0.25) is 0 Å². The molecule has 1 heterocycles. The lowest BCUT2D eigenvalue weighted by molar-refractivity contribution is -0.683. The van der Waals surface area contributed by atoms with Gasteiger partial charge >= 0.3 is 0 Å². The number of benzene rings is 1. The highest BCUT2D eigenvalue weighted by molar-refractivity contribution is 5.95. The van der Waals surface area contributed by atoms with Gasteiger partial charge in [-0.25, -0.2) is 4.39 Å². The quantitative estimate of drug-likeness (QED) is 0.250. The molecule has 0 aliphatic heterocycles. The standard InChI is InChI=1S/C14H11FN2O2.BrH/c15-13-3-1-2-12(8-13)14(18)10-17-6-4-11(5-7-17)9-16-19;/h1-9H,10H2;1H. The van der Waals surface area contributed by atoms with E-state index in [1.54, 1.807) is 35.2 Å². The summed E-state index contributed by atoms with van der Waals surface area (Å²) in [5.74, 6) is -0.599. The normalized spacial score (nSPS) is 10.2. The molecule has 1 aromatic heterocycles. The lowest BCUT2D eigenvalue weighted by atomic mass is 10.1. The van der Waals surface area contributed by atoms with Crippen LogP contribution in [0.4, 0.5) is 4.39 Å². The fourth-order valence-corrected chi connectivity index (χ4v) is 1.65. The summed E-state index contributed by atoms with van der Waals surface area (Å²) in [6.07, 6.45) is 4.67. The highest BCUT2D eigenvalue weighted by atomic mass is 79.9. The second kappa shape index (κ2) is 7.49. The van der Waals surface area contributed by atoms with Gasteiger partial charge in [0, 0.05) is 23.3 Å². The zero-order valence-electron chi connectivity index (χ0n) is 10.4. The van der Waals surface area contributed by atoms with Crippen LogP contribution in [0.1, 0.15) is 15.9 Å². The number of halogens is 2. The molecule has 0 amide bonds. The summed E-state index contributed by atoms with van der Waals surface area (Å²) in [5.41, 5.74) is 1.06. The highest BCUT2D eigenvalue weighted by Gasteiger charge is 2.12. The summed E-state index contributed by atoms with van der Waals surface area (Å²) in [5, 5.41) is 11.3. The first-order valence-electron chi connectivity index (χ1n) is 5.64. The van der Waals surface area contributed by atoms with Crippen LogP contribution in [0.5, 0.6) is 0 Å². The van der Waals surface area contributed by atoms with Crippen LogP contribution in [0, 0.1) is 5.82 Å². The third-order valence-corrected chi connectivity index (χ3v) is 2.60. The van der Waals surface area contributed by atoms with Crippen molar-refractivity contribution in [2.45, 2.75) is 6.54 Å². The van der Waals surface area contributed by atoms with E-state index in [1.807, 2.05) is 0 Å². The van der Waals surface area contributed by atoms with Crippen molar-refractivity contribution >= 4 is 12.0 Å². The average molecular weight is 339 g/mol. The SMILES string of the molecule is O=C(C[n+]1ccc(C=NO)cc1)c1cccc(F)c1.[Br-]. The molecular formula is C14H12BrFN2O2. The van der Waals surface area contributed by atoms with Crippen molar-refractivity contribution < 1.29 is 35.9 Å². The molecule has 0 fully saturated rings. The molecule has 0 unspecified atom stereocenters. The van der Waals surface area contributed by atoms with Crippen LogP contribution in [0.3, 0.4) is 0 Å². The van der Waals surface area contributed by atoms with E-state index in [4.69, 9.17) is 5.21 Å². The molecule has 0 saturated heterocycles. The van der Waals surface area contributed by atoms with Gasteiger partial charge in [-0.1, -0.05) is 17.3 Å². The Balaban J connectivity index is 0.00000200. The number of rotatable bonds is 4. The molecule has 0 atom stereocenters. The zero-order valence-corrected chi connectivity index (χ0v) is 12.0. The molecule has 2 rings (SSSR count). The van der Waals surface area contributed by atoms with Crippen molar-refractivity contribution in [1.82, 2.24) is 0 Å². The van der Waals surface area contributed by atoms with Crippen molar-refractivity contribution in [3.8, 4) is 0 Å². The second-order valence-corrected chi connectivity index (χ2v) is 3.98. The number of nitrogens with zero attached hydrogens (tertiary/aromatic N) is 2. The van der Waals surface area contributed by atoms with E-state index in [-0.39, 0.29) is 29.3 Å². The largest absolute Gasteiger partial charge is 1.00 e. The predicted octanol–water partition coefficient (Wildman–Crippen LogP) is -1.19. The maximum Gasteiger partial charge on any atom is 0.227 e. The molecule has 0 bridgehead atoms. The van der Waals surface area contributed by atoms with Gasteiger partial charge in [0.15, 0.2) is 12.4 Å². The maximum absolute atomic E-state index is 13.0. The van der Waals surface area contributed by atoms with Gasteiger partial charge in [0.05, 0.1) is 6.21 Å². The number of oxime groups is 1. The molecule has 20 heavy (non-hydrogen) atoms. The Bertz CT molecular complexity index is 615. The fourth-order valence-electron chi connectivity index (χ4n) is 1.65. The van der Waals surface area contributed by atoms with Crippen molar-refractivity contribution in [1.29, 1.82) is 0 Å². The van der Waals surface area contributed by atoms with Gasteiger partial charge in [-0.2, -0.15) is 4.57 Å². The molecule has 0 aliphatic carbocycles. The van der Waals surface area contributed by atoms with Crippen LogP contribution in [-0.2, 0) is 6.54 Å². The Kier molecular flexibility index (Phi) is 5.99. The van der Waals surface area contributed by atoms with E-state index in [1.165, 1.54) is 24.4 Å². The molecule has 0 aliphatic rings. The van der Waals surface area contributed by atoms with Crippen LogP contribution >= 0.6 is 0 Å². The topological polar surface area (TPSA) is 53.5 Å². The number of aromatic nitrogens is 1. The van der Waals surface area contributed by atoms with Gasteiger partial charge in [0.25, 0.3) is 0 Å². The van der Waals surface area contributed by atoms with Gasteiger partial charge in [-0.05, 0) is 12.1 Å². The van der Waals surface area contributed by atoms with Crippen molar-refractivity contribution in [3.05, 3.63) is 65.7 Å². The molecule has 1 aromatic carbocycles. The van der Waals surface area contributed by atoms with Crippen LogP contribution in [0.25, 0.3) is 0 Å². The van der Waals surface area contributed by atoms with Gasteiger partial charge in [0.2, 0.25) is 12.3 Å². The Hall–Kier alpha value is -2.08. The minimum atomic E-state index is -0.426. The van der Waals surface area contributed by atoms with Gasteiger partial charge in [-0.15, -0.1) is 0 Å². The number of hydrogen-bond donors (Lipinski definition) is 1. The molecule has 1 N–H and O–H groups in total. The maximum atomic E-state index is 13.0. The highest BCUT2D eigenvalue weighted by Crippen LogP contribution is 2.04. The summed E-state index contributed by atoms with van der Waals surface area (Å²) in [6, 6.07) is 9.02. The molecule has 0 saturated carbocycles. The number of Topliss-reactive ketones (excluding diaryl/α,β-unsaturated/α-hetero) is 1. The van der Waals surface area contributed by atoms with Crippen molar-refractivity contribution in [3.63, 3.8) is 0 Å². The minimum Gasteiger partial charge on any atom is -1.00 e. The summed E-state index contributed by atoms with van der Waals surface area (Å²) in [4.78, 5) is 11.9. The molecule has 2 aromatic rings. The summed E-state index contributed by atoms with van der Waals surface area (Å²) < 4.78 is 14.7. The lowest BCUT2D eigenvalue weighted by Crippen LogP contribution is -3.00.